The normalized spacial score (nSPS) is 10.8. The van der Waals surface area contributed by atoms with Crippen LogP contribution in [-0.2, 0) is 15.0 Å². The van der Waals surface area contributed by atoms with Crippen LogP contribution in [-0.4, -0.2) is 18.5 Å². The van der Waals surface area contributed by atoms with Gasteiger partial charge in [-0.25, -0.2) is 0 Å². The van der Waals surface area contributed by atoms with E-state index >= 15 is 0 Å². The minimum absolute atomic E-state index is 0.229. The fourth-order valence-electron chi connectivity index (χ4n) is 0.608. The molecule has 0 aliphatic heterocycles. The van der Waals surface area contributed by atoms with E-state index < -0.39 is 10.2 Å². The van der Waals surface area contributed by atoms with Crippen molar-refractivity contribution in [3.63, 3.8) is 0 Å². The minimum Gasteiger partial charge on any atom is -0.172 e. The van der Waals surface area contributed by atoms with Crippen LogP contribution < -0.4 is 5.14 Å². The molecular formula is C5H5N2O3S2+. The number of thiophene rings is 1. The first kappa shape index (κ1) is 9.08. The van der Waals surface area contributed by atoms with Crippen molar-refractivity contribution in [3.05, 3.63) is 17.5 Å². The van der Waals surface area contributed by atoms with Crippen molar-refractivity contribution in [1.82, 2.24) is 0 Å². The molecule has 64 valence electrons. The molecule has 1 heterocycles. The zero-order chi connectivity index (χ0) is 9.19. The Morgan fingerprint density at radius 2 is 2.25 bits per heavy atom. The Hall–Kier alpha value is -1.01. The molecule has 0 saturated carbocycles. The number of carbonyl (C=O) groups excluding carboxylic acids is 1. The summed E-state index contributed by atoms with van der Waals surface area (Å²) in [5, 5.41) is 6.58. The van der Waals surface area contributed by atoms with Gasteiger partial charge in [-0.3, -0.25) is 0 Å². The first-order chi connectivity index (χ1) is 5.55. The summed E-state index contributed by atoms with van der Waals surface area (Å²) in [6.45, 7) is 0. The van der Waals surface area contributed by atoms with Gasteiger partial charge in [0.15, 0.2) is 0 Å². The van der Waals surface area contributed by atoms with E-state index in [-0.39, 0.29) is 5.00 Å². The van der Waals surface area contributed by atoms with Crippen molar-refractivity contribution in [2.75, 3.05) is 0 Å². The van der Waals surface area contributed by atoms with Crippen molar-refractivity contribution < 1.29 is 17.2 Å². The summed E-state index contributed by atoms with van der Waals surface area (Å²) in [7, 11) is -4.02. The second-order valence-corrected chi connectivity index (χ2v) is 4.17. The van der Waals surface area contributed by atoms with Gasteiger partial charge in [0.1, 0.15) is 0 Å². The molecule has 0 aliphatic rings. The standard InChI is InChI=1S/C5H5N2O3S2/c6-12(9,10)7(4-8)5-2-1-3-11-5/h1-3H,(H2,6,9,10)/q+1. The maximum Gasteiger partial charge on any atom is 0.454 e. The third-order valence-electron chi connectivity index (χ3n) is 1.04. The second kappa shape index (κ2) is 3.16. The summed E-state index contributed by atoms with van der Waals surface area (Å²) >= 11 is 1.09. The molecule has 0 bridgehead atoms. The summed E-state index contributed by atoms with van der Waals surface area (Å²) in [5.74, 6) is 0. The van der Waals surface area contributed by atoms with E-state index in [1.807, 2.05) is 0 Å². The molecule has 0 aromatic carbocycles. The summed E-state index contributed by atoms with van der Waals surface area (Å²) in [6, 6.07) is 3.06. The van der Waals surface area contributed by atoms with Crippen LogP contribution in [0.4, 0.5) is 5.00 Å². The zero-order valence-corrected chi connectivity index (χ0v) is 7.43. The first-order valence-corrected chi connectivity index (χ1v) is 5.18. The predicted molar refractivity (Wildman–Crippen MR) is 43.0 cm³/mol. The Bertz CT molecular complexity index is 414. The monoisotopic (exact) mass is 205 g/mol. The zero-order valence-electron chi connectivity index (χ0n) is 5.80. The van der Waals surface area contributed by atoms with Gasteiger partial charge >= 0.3 is 16.3 Å². The molecule has 7 heteroatoms. The van der Waals surface area contributed by atoms with Crippen LogP contribution in [0.1, 0.15) is 0 Å². The Kier molecular flexibility index (Phi) is 2.39. The third-order valence-corrected chi connectivity index (χ3v) is 2.79. The van der Waals surface area contributed by atoms with E-state index in [1.54, 1.807) is 11.4 Å². The fourth-order valence-corrected chi connectivity index (χ4v) is 2.05. The highest BCUT2D eigenvalue weighted by atomic mass is 32.2. The van der Waals surface area contributed by atoms with Gasteiger partial charge in [0.05, 0.1) is 0 Å². The number of nitrogens with two attached hydrogens (primary N) is 1. The number of hydrogen-bond acceptors (Lipinski definition) is 4. The molecule has 0 spiro atoms. The van der Waals surface area contributed by atoms with Crippen molar-refractivity contribution in [3.8, 4) is 0 Å². The molecule has 0 atom stereocenters. The third kappa shape index (κ3) is 1.77. The largest absolute Gasteiger partial charge is 0.454 e. The van der Waals surface area contributed by atoms with Crippen LogP contribution in [0.5, 0.6) is 0 Å². The molecule has 5 nitrogen and oxygen atoms in total. The lowest BCUT2D eigenvalue weighted by Crippen LogP contribution is -2.23. The molecule has 1 aromatic heterocycles. The molecule has 12 heavy (non-hydrogen) atoms. The van der Waals surface area contributed by atoms with Crippen molar-refractivity contribution in [2.24, 2.45) is 5.14 Å². The molecular weight excluding hydrogens is 200 g/mol. The van der Waals surface area contributed by atoms with Gasteiger partial charge in [-0.2, -0.15) is 9.93 Å². The highest BCUT2D eigenvalue weighted by molar-refractivity contribution is 7.83. The minimum atomic E-state index is -4.02. The van der Waals surface area contributed by atoms with Gasteiger partial charge in [0.2, 0.25) is 0 Å². The highest BCUT2D eigenvalue weighted by Gasteiger charge is 2.24. The van der Waals surface area contributed by atoms with Gasteiger partial charge in [0.25, 0.3) is 5.00 Å². The predicted octanol–water partition coefficient (Wildman–Crippen LogP) is -0.0686. The molecule has 0 radical (unpaired) electrons. The van der Waals surface area contributed by atoms with Crippen LogP contribution in [0.25, 0.3) is 0 Å². The van der Waals surface area contributed by atoms with Crippen LogP contribution in [0.2, 0.25) is 0 Å². The quantitative estimate of drug-likeness (QED) is 0.417. The van der Waals surface area contributed by atoms with E-state index in [4.69, 9.17) is 5.14 Å². The molecule has 0 saturated heterocycles. The van der Waals surface area contributed by atoms with Crippen molar-refractivity contribution in [2.45, 2.75) is 0 Å². The summed E-state index contributed by atoms with van der Waals surface area (Å²) in [6.07, 6.45) is 1.23. The lowest BCUT2D eigenvalue weighted by molar-refractivity contribution is -0.253. The number of hydrogen-bond donors (Lipinski definition) is 1. The Balaban J connectivity index is 3.29. The number of rotatable bonds is 2. The Morgan fingerprint density at radius 1 is 1.58 bits per heavy atom. The smallest absolute Gasteiger partial charge is 0.172 e. The summed E-state index contributed by atoms with van der Waals surface area (Å²) < 4.78 is 21.8. The van der Waals surface area contributed by atoms with Gasteiger partial charge in [-0.1, -0.05) is 11.3 Å². The van der Waals surface area contributed by atoms with Crippen LogP contribution >= 0.6 is 11.3 Å². The van der Waals surface area contributed by atoms with Gasteiger partial charge in [-0.05, 0) is 11.4 Å². The summed E-state index contributed by atoms with van der Waals surface area (Å²) in [4.78, 5) is 10.2. The molecule has 0 aliphatic carbocycles. The molecule has 2 N–H and O–H groups in total. The second-order valence-electron chi connectivity index (χ2n) is 1.85. The molecule has 1 aromatic rings. The van der Waals surface area contributed by atoms with Crippen LogP contribution in [0.15, 0.2) is 17.5 Å². The fraction of sp³-hybridized carbons (Fsp3) is 0. The maximum atomic E-state index is 10.7. The van der Waals surface area contributed by atoms with E-state index in [0.29, 0.717) is 3.98 Å². The van der Waals surface area contributed by atoms with Gasteiger partial charge in [0, 0.05) is 10.0 Å². The van der Waals surface area contributed by atoms with E-state index in [9.17, 15) is 13.2 Å². The average molecular weight is 205 g/mol. The summed E-state index contributed by atoms with van der Waals surface area (Å²) in [5.41, 5.74) is 0. The van der Waals surface area contributed by atoms with Crippen LogP contribution in [0, 0.1) is 0 Å². The van der Waals surface area contributed by atoms with E-state index in [1.165, 1.54) is 12.1 Å². The van der Waals surface area contributed by atoms with Crippen molar-refractivity contribution in [1.29, 1.82) is 0 Å². The van der Waals surface area contributed by atoms with E-state index in [2.05, 4.69) is 0 Å². The topological polar surface area (TPSA) is 80.2 Å². The molecule has 0 fully saturated rings. The Morgan fingerprint density at radius 3 is 2.58 bits per heavy atom. The van der Waals surface area contributed by atoms with Gasteiger partial charge in [-0.15, -0.1) is 8.42 Å². The number of isocyanates is 1. The lowest BCUT2D eigenvalue weighted by Gasteiger charge is -1.86. The number of nitrogens with zero attached hydrogens (tertiary/aromatic N) is 1. The SMILES string of the molecule is NS(=O)(=O)[N+](=C=O)c1cccs1. The molecule has 0 amide bonds. The van der Waals surface area contributed by atoms with E-state index in [0.717, 1.165) is 11.3 Å². The maximum absolute atomic E-state index is 10.7. The average Bonchev–Trinajstić information content (AvgIpc) is 2.38. The lowest BCUT2D eigenvalue weighted by atomic mass is 10.6. The Labute approximate surface area is 72.9 Å². The van der Waals surface area contributed by atoms with Crippen molar-refractivity contribution >= 4 is 32.6 Å². The van der Waals surface area contributed by atoms with Gasteiger partial charge < -0.3 is 0 Å². The first-order valence-electron chi connectivity index (χ1n) is 2.80. The highest BCUT2D eigenvalue weighted by Crippen LogP contribution is 2.19. The molecule has 0 unspecified atom stereocenters. The molecule has 1 rings (SSSR count). The van der Waals surface area contributed by atoms with Crippen LogP contribution in [0.3, 0.4) is 0 Å².